The molecule has 0 unspecified atom stereocenters. The Morgan fingerprint density at radius 1 is 1.10 bits per heavy atom. The van der Waals surface area contributed by atoms with E-state index >= 15 is 4.39 Å². The van der Waals surface area contributed by atoms with E-state index in [4.69, 9.17) is 41.3 Å². The SMILES string of the molecule is C[C@@H]1Oc2nc(-c3cc(N)c(F)c(Cl)c3)c(F)c3nc(OC[C@@H]4CC[C@H]5COCCN54)nc(c23)N2C[C@H]3CC[C@@H]([C@@H]12)N3C(=O)OC(C)(C)C. The van der Waals surface area contributed by atoms with Gasteiger partial charge in [-0.3, -0.25) is 9.80 Å². The van der Waals surface area contributed by atoms with Crippen molar-refractivity contribution in [2.24, 2.45) is 0 Å². The third-order valence-electron chi connectivity index (χ3n) is 10.4. The summed E-state index contributed by atoms with van der Waals surface area (Å²) in [5, 5.41) is 0.0283. The molecule has 0 saturated carbocycles. The Kier molecular flexibility index (Phi) is 7.91. The number of hydrogen-bond donors (Lipinski definition) is 1. The second-order valence-electron chi connectivity index (χ2n) is 14.7. The second kappa shape index (κ2) is 11.9. The minimum Gasteiger partial charge on any atom is -0.472 e. The van der Waals surface area contributed by atoms with Gasteiger partial charge in [0.15, 0.2) is 11.6 Å². The van der Waals surface area contributed by atoms with Gasteiger partial charge < -0.3 is 29.6 Å². The Balaban J connectivity index is 1.23. The van der Waals surface area contributed by atoms with Crippen LogP contribution in [0.5, 0.6) is 11.9 Å². The maximum absolute atomic E-state index is 16.8. The Bertz CT molecular complexity index is 1800. The Morgan fingerprint density at radius 3 is 2.67 bits per heavy atom. The molecule has 2 aromatic heterocycles. The highest BCUT2D eigenvalue weighted by Crippen LogP contribution is 2.47. The zero-order valence-corrected chi connectivity index (χ0v) is 28.7. The number of hydrogen-bond acceptors (Lipinski definition) is 11. The van der Waals surface area contributed by atoms with Crippen LogP contribution in [-0.4, -0.2) is 106 Å². The molecule has 15 heteroatoms. The molecule has 262 valence electrons. The number of pyridine rings is 1. The standard InChI is InChI=1S/C34H40ClF2N7O5/c1-16-29-23-8-7-18(44(23)33(45)49-34(2,3)4)13-43(29)30-24-28(40-32(41-30)47-15-20-6-5-19-14-46-10-9-42(19)20)26(37)27(39-31(24)48-16)17-11-21(35)25(36)22(38)12-17/h11-12,16,18-20,23,29H,5-10,13-15,38H2,1-4H3/t16-,18+,19-,20-,23-,29+/m0/s1. The van der Waals surface area contributed by atoms with Crippen LogP contribution in [0.1, 0.15) is 53.4 Å². The second-order valence-corrected chi connectivity index (χ2v) is 15.1. The number of fused-ring (bicyclic) bond motifs is 6. The molecular weight excluding hydrogens is 660 g/mol. The summed E-state index contributed by atoms with van der Waals surface area (Å²) < 4.78 is 55.5. The van der Waals surface area contributed by atoms with E-state index in [1.807, 2.05) is 32.6 Å². The number of halogens is 3. The molecule has 2 N–H and O–H groups in total. The fraction of sp³-hybridized carbons (Fsp3) is 0.588. The highest BCUT2D eigenvalue weighted by atomic mass is 35.5. The number of nitrogens with zero attached hydrogens (tertiary/aromatic N) is 6. The maximum Gasteiger partial charge on any atom is 0.410 e. The first-order chi connectivity index (χ1) is 23.4. The molecule has 5 aliphatic heterocycles. The van der Waals surface area contributed by atoms with Crippen LogP contribution in [0.2, 0.25) is 5.02 Å². The van der Waals surface area contributed by atoms with Crippen LogP contribution in [0.4, 0.5) is 25.1 Å². The molecule has 12 nitrogen and oxygen atoms in total. The zero-order valence-electron chi connectivity index (χ0n) is 27.9. The lowest BCUT2D eigenvalue weighted by Crippen LogP contribution is -2.65. The van der Waals surface area contributed by atoms with E-state index in [0.29, 0.717) is 43.6 Å². The summed E-state index contributed by atoms with van der Waals surface area (Å²) in [6.45, 7) is 10.4. The fourth-order valence-corrected chi connectivity index (χ4v) is 8.55. The van der Waals surface area contributed by atoms with E-state index < -0.39 is 23.3 Å². The van der Waals surface area contributed by atoms with Crippen molar-refractivity contribution in [3.8, 4) is 23.1 Å². The molecule has 5 aliphatic rings. The van der Waals surface area contributed by atoms with E-state index in [0.717, 1.165) is 32.2 Å². The van der Waals surface area contributed by atoms with Gasteiger partial charge in [-0.2, -0.15) is 9.97 Å². The quantitative estimate of drug-likeness (QED) is 0.362. The molecule has 7 heterocycles. The summed E-state index contributed by atoms with van der Waals surface area (Å²) in [5.74, 6) is -1.03. The molecule has 2 bridgehead atoms. The monoisotopic (exact) mass is 699 g/mol. The van der Waals surface area contributed by atoms with Crippen molar-refractivity contribution in [3.63, 3.8) is 0 Å². The van der Waals surface area contributed by atoms with Crippen LogP contribution in [0.25, 0.3) is 22.2 Å². The summed E-state index contributed by atoms with van der Waals surface area (Å²) >= 11 is 6.13. The number of aromatic nitrogens is 3. The van der Waals surface area contributed by atoms with E-state index in [2.05, 4.69) is 19.8 Å². The predicted octanol–water partition coefficient (Wildman–Crippen LogP) is 5.19. The van der Waals surface area contributed by atoms with E-state index in [-0.39, 0.29) is 69.6 Å². The lowest BCUT2D eigenvalue weighted by atomic mass is 9.98. The van der Waals surface area contributed by atoms with Crippen molar-refractivity contribution in [3.05, 3.63) is 28.8 Å². The fourth-order valence-electron chi connectivity index (χ4n) is 8.32. The zero-order chi connectivity index (χ0) is 34.4. The van der Waals surface area contributed by atoms with Gasteiger partial charge in [0.05, 0.1) is 42.0 Å². The topological polar surface area (TPSA) is 128 Å². The average Bonchev–Trinajstić information content (AvgIpc) is 3.57. The lowest BCUT2D eigenvalue weighted by molar-refractivity contribution is -0.0101. The normalized spacial score (nSPS) is 27.8. The van der Waals surface area contributed by atoms with Gasteiger partial charge in [0, 0.05) is 30.7 Å². The number of rotatable bonds is 4. The summed E-state index contributed by atoms with van der Waals surface area (Å²) in [4.78, 5) is 34.0. The number of piperazine rings is 1. The minimum absolute atomic E-state index is 0.0214. The smallest absolute Gasteiger partial charge is 0.410 e. The number of benzene rings is 1. The Hall–Kier alpha value is -3.75. The van der Waals surface area contributed by atoms with Crippen molar-refractivity contribution >= 4 is 40.1 Å². The third kappa shape index (κ3) is 5.55. The van der Waals surface area contributed by atoms with Crippen molar-refractivity contribution in [2.75, 3.05) is 43.5 Å². The lowest BCUT2D eigenvalue weighted by Gasteiger charge is -2.48. The van der Waals surface area contributed by atoms with Crippen molar-refractivity contribution in [1.82, 2.24) is 24.8 Å². The molecule has 49 heavy (non-hydrogen) atoms. The van der Waals surface area contributed by atoms with Crippen LogP contribution in [0.3, 0.4) is 0 Å². The van der Waals surface area contributed by atoms with Crippen LogP contribution in [-0.2, 0) is 9.47 Å². The van der Waals surface area contributed by atoms with Crippen LogP contribution >= 0.6 is 11.6 Å². The largest absolute Gasteiger partial charge is 0.472 e. The molecular formula is C34H40ClF2N7O5. The number of nitrogens with two attached hydrogens (primary N) is 1. The minimum atomic E-state index is -0.800. The molecule has 0 radical (unpaired) electrons. The molecule has 4 saturated heterocycles. The number of nitrogen functional groups attached to an aromatic ring is 1. The highest BCUT2D eigenvalue weighted by molar-refractivity contribution is 6.31. The van der Waals surface area contributed by atoms with Gasteiger partial charge in [-0.1, -0.05) is 11.6 Å². The molecule has 8 rings (SSSR count). The number of anilines is 2. The van der Waals surface area contributed by atoms with Crippen molar-refractivity contribution < 1.29 is 32.5 Å². The first-order valence-corrected chi connectivity index (χ1v) is 17.3. The first-order valence-electron chi connectivity index (χ1n) is 16.9. The molecule has 6 atom stereocenters. The number of ether oxygens (including phenoxy) is 4. The average molecular weight is 700 g/mol. The van der Waals surface area contributed by atoms with Crippen LogP contribution in [0.15, 0.2) is 12.1 Å². The van der Waals surface area contributed by atoms with Gasteiger partial charge in [-0.25, -0.2) is 18.6 Å². The molecule has 0 aliphatic carbocycles. The van der Waals surface area contributed by atoms with E-state index in [1.165, 1.54) is 12.1 Å². The van der Waals surface area contributed by atoms with E-state index in [1.54, 1.807) is 0 Å². The van der Waals surface area contributed by atoms with Gasteiger partial charge >= 0.3 is 12.1 Å². The van der Waals surface area contributed by atoms with Crippen molar-refractivity contribution in [1.29, 1.82) is 0 Å². The van der Waals surface area contributed by atoms with Crippen molar-refractivity contribution in [2.45, 2.75) is 95.3 Å². The summed E-state index contributed by atoms with van der Waals surface area (Å²) in [6, 6.07) is 2.30. The van der Waals surface area contributed by atoms with Gasteiger partial charge in [0.2, 0.25) is 5.88 Å². The number of morpholine rings is 1. The predicted molar refractivity (Wildman–Crippen MR) is 178 cm³/mol. The number of carbonyl (C=O) groups excluding carboxylic acids is 1. The van der Waals surface area contributed by atoms with Gasteiger partial charge in [0.25, 0.3) is 0 Å². The summed E-state index contributed by atoms with van der Waals surface area (Å²) in [6.07, 6.45) is 2.57. The molecule has 3 aromatic rings. The van der Waals surface area contributed by atoms with Crippen LogP contribution in [0, 0.1) is 11.6 Å². The summed E-state index contributed by atoms with van der Waals surface area (Å²) in [7, 11) is 0. The van der Waals surface area contributed by atoms with Gasteiger partial charge in [-0.05, 0) is 65.5 Å². The highest BCUT2D eigenvalue weighted by Gasteiger charge is 2.54. The maximum atomic E-state index is 16.8. The number of carbonyl (C=O) groups is 1. The van der Waals surface area contributed by atoms with Crippen LogP contribution < -0.4 is 20.1 Å². The Morgan fingerprint density at radius 2 is 1.90 bits per heavy atom. The van der Waals surface area contributed by atoms with Gasteiger partial charge in [0.1, 0.15) is 40.7 Å². The summed E-state index contributed by atoms with van der Waals surface area (Å²) in [5.41, 5.74) is 4.94. The molecule has 1 amide bonds. The Labute approximate surface area is 287 Å². The third-order valence-corrected chi connectivity index (χ3v) is 10.7. The van der Waals surface area contributed by atoms with E-state index in [9.17, 15) is 9.18 Å². The molecule has 0 spiro atoms. The number of amides is 1. The molecule has 4 fully saturated rings. The van der Waals surface area contributed by atoms with Gasteiger partial charge in [-0.15, -0.1) is 0 Å². The first kappa shape index (κ1) is 32.5. The molecule has 1 aromatic carbocycles.